The van der Waals surface area contributed by atoms with Crippen LogP contribution in [0.15, 0.2) is 12.1 Å². The Labute approximate surface area is 97.3 Å². The molecule has 0 aliphatic carbocycles. The van der Waals surface area contributed by atoms with Gasteiger partial charge in [0.25, 0.3) is 0 Å². The number of aliphatic hydroxyl groups excluding tert-OH is 1. The van der Waals surface area contributed by atoms with Gasteiger partial charge >= 0.3 is 0 Å². The van der Waals surface area contributed by atoms with E-state index in [4.69, 9.17) is 5.73 Å². The molecule has 14 heavy (non-hydrogen) atoms. The third-order valence-corrected chi connectivity index (χ3v) is 2.35. The molecule has 0 saturated heterocycles. The molecule has 1 heterocycles. The van der Waals surface area contributed by atoms with Crippen LogP contribution in [0.5, 0.6) is 0 Å². The number of aromatic nitrogens is 1. The lowest BCUT2D eigenvalue weighted by Crippen LogP contribution is -2.27. The fourth-order valence-corrected chi connectivity index (χ4v) is 1.79. The van der Waals surface area contributed by atoms with Crippen LogP contribution in [0.3, 0.4) is 0 Å². The van der Waals surface area contributed by atoms with E-state index in [1.54, 1.807) is 13.0 Å². The molecule has 0 bridgehead atoms. The summed E-state index contributed by atoms with van der Waals surface area (Å²) in [5, 5.41) is 9.22. The largest absolute Gasteiger partial charge is 0.392 e. The van der Waals surface area contributed by atoms with Gasteiger partial charge in [0.1, 0.15) is 11.6 Å². The van der Waals surface area contributed by atoms with Crippen molar-refractivity contribution in [2.75, 3.05) is 24.2 Å². The van der Waals surface area contributed by atoms with Gasteiger partial charge < -0.3 is 15.7 Å². The lowest BCUT2D eigenvalue weighted by molar-refractivity contribution is 0.201. The summed E-state index contributed by atoms with van der Waals surface area (Å²) in [5.74, 6) is 1.29. The zero-order chi connectivity index (χ0) is 10.7. The summed E-state index contributed by atoms with van der Waals surface area (Å²) < 4.78 is 1.04. The highest BCUT2D eigenvalue weighted by atomic mass is 127. The molecule has 0 fully saturated rings. The van der Waals surface area contributed by atoms with Gasteiger partial charge in [-0.2, -0.15) is 0 Å². The average Bonchev–Trinajstić information content (AvgIpc) is 2.00. The van der Waals surface area contributed by atoms with Gasteiger partial charge in [0.05, 0.1) is 6.10 Å². The molecule has 1 atom stereocenters. The highest BCUT2D eigenvalue weighted by Crippen LogP contribution is 2.16. The van der Waals surface area contributed by atoms with Crippen molar-refractivity contribution in [3.05, 3.63) is 15.7 Å². The Balaban J connectivity index is 2.84. The molecule has 0 aliphatic heterocycles. The van der Waals surface area contributed by atoms with Crippen LogP contribution in [-0.4, -0.2) is 29.8 Å². The molecule has 1 aromatic heterocycles. The van der Waals surface area contributed by atoms with Crippen LogP contribution >= 0.6 is 22.6 Å². The summed E-state index contributed by atoms with van der Waals surface area (Å²) in [4.78, 5) is 6.05. The SMILES string of the molecule is C[C@@H](O)CN(C)c1cc(I)cc(N)n1. The zero-order valence-electron chi connectivity index (χ0n) is 8.24. The van der Waals surface area contributed by atoms with E-state index < -0.39 is 0 Å². The van der Waals surface area contributed by atoms with Crippen LogP contribution in [0.25, 0.3) is 0 Å². The lowest BCUT2D eigenvalue weighted by atomic mass is 10.3. The molecule has 3 N–H and O–H groups in total. The van der Waals surface area contributed by atoms with Crippen molar-refractivity contribution in [3.63, 3.8) is 0 Å². The Morgan fingerprint density at radius 1 is 1.64 bits per heavy atom. The molecular weight excluding hydrogens is 293 g/mol. The van der Waals surface area contributed by atoms with Crippen LogP contribution in [0.1, 0.15) is 6.92 Å². The number of pyridine rings is 1. The van der Waals surface area contributed by atoms with E-state index in [9.17, 15) is 5.11 Å². The van der Waals surface area contributed by atoms with E-state index in [2.05, 4.69) is 27.6 Å². The molecule has 0 saturated carbocycles. The van der Waals surface area contributed by atoms with E-state index in [0.717, 1.165) is 9.39 Å². The molecule has 4 nitrogen and oxygen atoms in total. The number of hydrogen-bond acceptors (Lipinski definition) is 4. The van der Waals surface area contributed by atoms with Crippen LogP contribution in [0, 0.1) is 3.57 Å². The second-order valence-corrected chi connectivity index (χ2v) is 4.54. The van der Waals surface area contributed by atoms with Crippen molar-refractivity contribution in [1.29, 1.82) is 0 Å². The van der Waals surface area contributed by atoms with E-state index in [1.807, 2.05) is 18.0 Å². The van der Waals surface area contributed by atoms with Crippen molar-refractivity contribution in [2.45, 2.75) is 13.0 Å². The summed E-state index contributed by atoms with van der Waals surface area (Å²) in [7, 11) is 1.88. The topological polar surface area (TPSA) is 62.4 Å². The second-order valence-electron chi connectivity index (χ2n) is 3.30. The fraction of sp³-hybridized carbons (Fsp3) is 0.444. The number of nitrogen functional groups attached to an aromatic ring is 1. The highest BCUT2D eigenvalue weighted by Gasteiger charge is 2.06. The van der Waals surface area contributed by atoms with Crippen molar-refractivity contribution in [3.8, 4) is 0 Å². The number of nitrogens with two attached hydrogens (primary N) is 1. The van der Waals surface area contributed by atoms with E-state index in [0.29, 0.717) is 12.4 Å². The van der Waals surface area contributed by atoms with Crippen molar-refractivity contribution in [2.24, 2.45) is 0 Å². The Kier molecular flexibility index (Phi) is 3.94. The third kappa shape index (κ3) is 3.30. The summed E-state index contributed by atoms with van der Waals surface area (Å²) in [6.07, 6.45) is -0.374. The molecule has 5 heteroatoms. The van der Waals surface area contributed by atoms with Crippen molar-refractivity contribution in [1.82, 2.24) is 4.98 Å². The van der Waals surface area contributed by atoms with Crippen LogP contribution in [-0.2, 0) is 0 Å². The van der Waals surface area contributed by atoms with Gasteiger partial charge in [0, 0.05) is 17.2 Å². The highest BCUT2D eigenvalue weighted by molar-refractivity contribution is 14.1. The molecular formula is C9H14IN3O. The Bertz CT molecular complexity index is 297. The smallest absolute Gasteiger partial charge is 0.131 e. The summed E-state index contributed by atoms with van der Waals surface area (Å²) in [6.45, 7) is 2.29. The number of anilines is 2. The number of rotatable bonds is 3. The van der Waals surface area contributed by atoms with E-state index >= 15 is 0 Å². The molecule has 0 unspecified atom stereocenters. The van der Waals surface area contributed by atoms with Crippen LogP contribution in [0.2, 0.25) is 0 Å². The number of nitrogens with zero attached hydrogens (tertiary/aromatic N) is 2. The molecule has 1 aromatic rings. The first-order valence-corrected chi connectivity index (χ1v) is 5.39. The third-order valence-electron chi connectivity index (χ3n) is 1.73. The molecule has 0 amide bonds. The minimum absolute atomic E-state index is 0.374. The summed E-state index contributed by atoms with van der Waals surface area (Å²) >= 11 is 2.19. The minimum Gasteiger partial charge on any atom is -0.392 e. The van der Waals surface area contributed by atoms with Gasteiger partial charge in [0.15, 0.2) is 0 Å². The molecule has 0 radical (unpaired) electrons. The van der Waals surface area contributed by atoms with E-state index in [-0.39, 0.29) is 6.10 Å². The van der Waals surface area contributed by atoms with Gasteiger partial charge in [-0.15, -0.1) is 0 Å². The molecule has 0 aliphatic rings. The van der Waals surface area contributed by atoms with Crippen LogP contribution in [0.4, 0.5) is 11.6 Å². The summed E-state index contributed by atoms with van der Waals surface area (Å²) in [5.41, 5.74) is 5.62. The monoisotopic (exact) mass is 307 g/mol. The number of aliphatic hydroxyl groups is 1. The maximum atomic E-state index is 9.22. The second kappa shape index (κ2) is 4.79. The molecule has 78 valence electrons. The molecule has 1 rings (SSSR count). The Morgan fingerprint density at radius 2 is 2.29 bits per heavy atom. The Hall–Kier alpha value is -0.560. The first kappa shape index (κ1) is 11.5. The standard InChI is InChI=1S/C9H14IN3O/c1-6(14)5-13(2)9-4-7(10)3-8(11)12-9/h3-4,6,14H,5H2,1-2H3,(H2,11,12)/t6-/m1/s1. The van der Waals surface area contributed by atoms with Gasteiger partial charge in [-0.25, -0.2) is 4.98 Å². The molecule has 0 spiro atoms. The normalized spacial score (nSPS) is 12.6. The maximum absolute atomic E-state index is 9.22. The maximum Gasteiger partial charge on any atom is 0.131 e. The van der Waals surface area contributed by atoms with Gasteiger partial charge in [0.2, 0.25) is 0 Å². The fourth-order valence-electron chi connectivity index (χ4n) is 1.19. The average molecular weight is 307 g/mol. The lowest BCUT2D eigenvalue weighted by Gasteiger charge is -2.20. The van der Waals surface area contributed by atoms with Gasteiger partial charge in [-0.05, 0) is 41.6 Å². The number of likely N-dealkylation sites (N-methyl/N-ethyl adjacent to an activating group) is 1. The molecule has 0 aromatic carbocycles. The zero-order valence-corrected chi connectivity index (χ0v) is 10.4. The first-order chi connectivity index (χ1) is 6.49. The van der Waals surface area contributed by atoms with Crippen molar-refractivity contribution >= 4 is 34.2 Å². The van der Waals surface area contributed by atoms with Crippen molar-refractivity contribution < 1.29 is 5.11 Å². The van der Waals surface area contributed by atoms with E-state index in [1.165, 1.54) is 0 Å². The van der Waals surface area contributed by atoms with Crippen LogP contribution < -0.4 is 10.6 Å². The quantitative estimate of drug-likeness (QED) is 0.821. The first-order valence-electron chi connectivity index (χ1n) is 4.31. The summed E-state index contributed by atoms with van der Waals surface area (Å²) in [6, 6.07) is 3.74. The Morgan fingerprint density at radius 3 is 2.79 bits per heavy atom. The van der Waals surface area contributed by atoms with Gasteiger partial charge in [-0.3, -0.25) is 0 Å². The predicted octanol–water partition coefficient (Wildman–Crippen LogP) is 1.09. The number of hydrogen-bond donors (Lipinski definition) is 2. The predicted molar refractivity (Wildman–Crippen MR) is 66.3 cm³/mol. The van der Waals surface area contributed by atoms with Gasteiger partial charge in [-0.1, -0.05) is 0 Å². The number of halogens is 1. The minimum atomic E-state index is -0.374.